The molecule has 0 aliphatic heterocycles. The Hall–Kier alpha value is -3.57. The Balaban J connectivity index is 1.86. The van der Waals surface area contributed by atoms with E-state index < -0.39 is 10.7 Å². The number of hydrogen-bond donors (Lipinski definition) is 1. The van der Waals surface area contributed by atoms with Crippen molar-refractivity contribution in [3.8, 4) is 17.3 Å². The summed E-state index contributed by atoms with van der Waals surface area (Å²) in [4.78, 5) is 14.6. The average molecular weight is 380 g/mol. The van der Waals surface area contributed by atoms with Crippen molar-refractivity contribution in [2.75, 3.05) is 5.32 Å². The Labute approximate surface area is 158 Å². The molecule has 0 amide bonds. The molecule has 3 aromatic rings. The molecule has 1 aromatic heterocycles. The second-order valence-electron chi connectivity index (χ2n) is 5.64. The lowest BCUT2D eigenvalue weighted by Crippen LogP contribution is -1.96. The predicted octanol–water partition coefficient (Wildman–Crippen LogP) is 5.14. The molecule has 134 valence electrons. The minimum atomic E-state index is -0.659. The number of allylic oxidation sites excluding steroid dienone is 1. The highest BCUT2D eigenvalue weighted by molar-refractivity contribution is 7.11. The molecule has 0 unspecified atom stereocenters. The molecule has 27 heavy (non-hydrogen) atoms. The first-order valence-corrected chi connectivity index (χ1v) is 8.69. The molecule has 1 heterocycles. The summed E-state index contributed by atoms with van der Waals surface area (Å²) in [5, 5.41) is 25.1. The third-order valence-corrected chi connectivity index (χ3v) is 4.61. The van der Waals surface area contributed by atoms with Crippen LogP contribution < -0.4 is 5.32 Å². The fraction of sp³-hybridized carbons (Fsp3) is 0.0526. The minimum Gasteiger partial charge on any atom is -0.358 e. The maximum Gasteiger partial charge on any atom is 0.271 e. The van der Waals surface area contributed by atoms with Crippen LogP contribution in [0.4, 0.5) is 15.8 Å². The van der Waals surface area contributed by atoms with Crippen molar-refractivity contribution in [1.82, 2.24) is 4.98 Å². The topological polar surface area (TPSA) is 91.8 Å². The van der Waals surface area contributed by atoms with Crippen LogP contribution in [0, 0.1) is 34.2 Å². The molecule has 0 spiro atoms. The molecule has 0 aliphatic rings. The van der Waals surface area contributed by atoms with Gasteiger partial charge in [-0.1, -0.05) is 29.8 Å². The Morgan fingerprint density at radius 3 is 2.74 bits per heavy atom. The summed E-state index contributed by atoms with van der Waals surface area (Å²) >= 11 is 1.28. The highest BCUT2D eigenvalue weighted by atomic mass is 32.1. The highest BCUT2D eigenvalue weighted by Crippen LogP contribution is 2.27. The van der Waals surface area contributed by atoms with Gasteiger partial charge in [0.05, 0.1) is 16.3 Å². The second kappa shape index (κ2) is 7.76. The van der Waals surface area contributed by atoms with Crippen LogP contribution in [-0.4, -0.2) is 9.91 Å². The number of anilines is 1. The SMILES string of the molecule is Cc1ccc(-c2csc(/C(C#N)=C/Nc3cc([N+](=O)[O-])ccc3F)n2)cc1. The van der Waals surface area contributed by atoms with E-state index in [0.29, 0.717) is 5.01 Å². The van der Waals surface area contributed by atoms with Crippen LogP contribution in [0.15, 0.2) is 54.0 Å². The number of hydrogen-bond acceptors (Lipinski definition) is 6. The zero-order chi connectivity index (χ0) is 19.4. The van der Waals surface area contributed by atoms with E-state index in [1.54, 1.807) is 0 Å². The number of nitro benzene ring substituents is 1. The first-order valence-electron chi connectivity index (χ1n) is 7.81. The van der Waals surface area contributed by atoms with Gasteiger partial charge in [0, 0.05) is 29.3 Å². The molecule has 0 fully saturated rings. The Morgan fingerprint density at radius 1 is 1.33 bits per heavy atom. The maximum atomic E-state index is 13.8. The predicted molar refractivity (Wildman–Crippen MR) is 103 cm³/mol. The molecule has 0 saturated carbocycles. The van der Waals surface area contributed by atoms with E-state index in [9.17, 15) is 19.8 Å². The Bertz CT molecular complexity index is 1070. The molecule has 6 nitrogen and oxygen atoms in total. The first kappa shape index (κ1) is 18.2. The van der Waals surface area contributed by atoms with Crippen molar-refractivity contribution < 1.29 is 9.31 Å². The number of nitro groups is 1. The molecule has 0 aliphatic carbocycles. The molecule has 3 rings (SSSR count). The number of aryl methyl sites for hydroxylation is 1. The van der Waals surface area contributed by atoms with Gasteiger partial charge < -0.3 is 5.32 Å². The van der Waals surface area contributed by atoms with Gasteiger partial charge in [-0.05, 0) is 13.0 Å². The Morgan fingerprint density at radius 2 is 2.07 bits per heavy atom. The van der Waals surface area contributed by atoms with Crippen molar-refractivity contribution in [2.45, 2.75) is 6.92 Å². The number of non-ortho nitro benzene ring substituents is 1. The van der Waals surface area contributed by atoms with Crippen molar-refractivity contribution in [1.29, 1.82) is 5.26 Å². The highest BCUT2D eigenvalue weighted by Gasteiger charge is 2.12. The number of benzene rings is 2. The van der Waals surface area contributed by atoms with Crippen LogP contribution >= 0.6 is 11.3 Å². The van der Waals surface area contributed by atoms with E-state index in [0.717, 1.165) is 35.0 Å². The zero-order valence-corrected chi connectivity index (χ0v) is 15.0. The maximum absolute atomic E-state index is 13.8. The average Bonchev–Trinajstić information content (AvgIpc) is 3.14. The van der Waals surface area contributed by atoms with Gasteiger partial charge in [0.1, 0.15) is 22.5 Å². The number of rotatable bonds is 5. The fourth-order valence-corrected chi connectivity index (χ4v) is 3.08. The smallest absolute Gasteiger partial charge is 0.271 e. The van der Waals surface area contributed by atoms with Gasteiger partial charge in [0.15, 0.2) is 0 Å². The standard InChI is InChI=1S/C19H13FN4O2S/c1-12-2-4-13(5-3-12)18-11-27-19(23-18)14(9-21)10-22-17-8-15(24(25)26)6-7-16(17)20/h2-8,10-11,22H,1H3/b14-10+. The summed E-state index contributed by atoms with van der Waals surface area (Å²) in [5.74, 6) is -0.659. The van der Waals surface area contributed by atoms with Crippen molar-refractivity contribution in [3.63, 3.8) is 0 Å². The van der Waals surface area contributed by atoms with E-state index in [1.807, 2.05) is 42.6 Å². The van der Waals surface area contributed by atoms with Gasteiger partial charge in [0.25, 0.3) is 5.69 Å². The summed E-state index contributed by atoms with van der Waals surface area (Å²) < 4.78 is 13.8. The summed E-state index contributed by atoms with van der Waals surface area (Å²) in [5.41, 5.74) is 2.66. The van der Waals surface area contributed by atoms with Crippen LogP contribution in [0.25, 0.3) is 16.8 Å². The number of nitriles is 1. The van der Waals surface area contributed by atoms with Crippen LogP contribution in [-0.2, 0) is 0 Å². The molecule has 0 saturated heterocycles. The van der Waals surface area contributed by atoms with E-state index in [4.69, 9.17) is 0 Å². The van der Waals surface area contributed by atoms with E-state index in [2.05, 4.69) is 10.3 Å². The molecule has 1 N–H and O–H groups in total. The van der Waals surface area contributed by atoms with Crippen LogP contribution in [0.2, 0.25) is 0 Å². The lowest BCUT2D eigenvalue weighted by atomic mass is 10.1. The van der Waals surface area contributed by atoms with Crippen LogP contribution in [0.5, 0.6) is 0 Å². The van der Waals surface area contributed by atoms with Gasteiger partial charge in [-0.3, -0.25) is 10.1 Å². The number of thiazole rings is 1. The molecule has 0 bridgehead atoms. The number of nitrogens with zero attached hydrogens (tertiary/aromatic N) is 3. The van der Waals surface area contributed by atoms with E-state index >= 15 is 0 Å². The summed E-state index contributed by atoms with van der Waals surface area (Å²) in [6, 6.07) is 13.0. The molecular weight excluding hydrogens is 367 g/mol. The van der Waals surface area contributed by atoms with Crippen LogP contribution in [0.1, 0.15) is 10.6 Å². The molecular formula is C19H13FN4O2S. The molecule has 2 aromatic carbocycles. The molecule has 0 radical (unpaired) electrons. The van der Waals surface area contributed by atoms with Crippen molar-refractivity contribution >= 4 is 28.3 Å². The summed E-state index contributed by atoms with van der Waals surface area (Å²) in [6.07, 6.45) is 1.29. The number of aromatic nitrogens is 1. The first-order chi connectivity index (χ1) is 13.0. The zero-order valence-electron chi connectivity index (χ0n) is 14.1. The molecule has 0 atom stereocenters. The van der Waals surface area contributed by atoms with Crippen molar-refractivity contribution in [3.05, 3.63) is 80.5 Å². The van der Waals surface area contributed by atoms with Gasteiger partial charge in [0.2, 0.25) is 0 Å². The number of halogens is 1. The van der Waals surface area contributed by atoms with Gasteiger partial charge in [-0.2, -0.15) is 5.26 Å². The molecule has 8 heteroatoms. The summed E-state index contributed by atoms with van der Waals surface area (Å²) in [7, 11) is 0. The minimum absolute atomic E-state index is 0.0905. The lowest BCUT2D eigenvalue weighted by Gasteiger charge is -2.03. The lowest BCUT2D eigenvalue weighted by molar-refractivity contribution is -0.384. The van der Waals surface area contributed by atoms with E-state index in [1.165, 1.54) is 17.5 Å². The van der Waals surface area contributed by atoms with Gasteiger partial charge >= 0.3 is 0 Å². The quantitative estimate of drug-likeness (QED) is 0.376. The monoisotopic (exact) mass is 380 g/mol. The van der Waals surface area contributed by atoms with Gasteiger partial charge in [-0.15, -0.1) is 11.3 Å². The third-order valence-electron chi connectivity index (χ3n) is 3.74. The normalized spacial score (nSPS) is 11.1. The van der Waals surface area contributed by atoms with Gasteiger partial charge in [-0.25, -0.2) is 9.37 Å². The van der Waals surface area contributed by atoms with E-state index in [-0.39, 0.29) is 16.9 Å². The second-order valence-corrected chi connectivity index (χ2v) is 6.50. The van der Waals surface area contributed by atoms with Crippen molar-refractivity contribution in [2.24, 2.45) is 0 Å². The third kappa shape index (κ3) is 4.16. The summed E-state index contributed by atoms with van der Waals surface area (Å²) in [6.45, 7) is 1.99. The number of nitrogens with one attached hydrogen (secondary N) is 1. The van der Waals surface area contributed by atoms with Crippen LogP contribution in [0.3, 0.4) is 0 Å². The Kier molecular flexibility index (Phi) is 5.24. The largest absolute Gasteiger partial charge is 0.358 e. The fourth-order valence-electron chi connectivity index (χ4n) is 2.28.